The first-order chi connectivity index (χ1) is 13.3. The summed E-state index contributed by atoms with van der Waals surface area (Å²) in [5.41, 5.74) is 13.4. The number of hydrogen-bond acceptors (Lipinski definition) is 7. The summed E-state index contributed by atoms with van der Waals surface area (Å²) in [5, 5.41) is 18.4. The number of nitrogens with two attached hydrogens (primary N) is 2. The summed E-state index contributed by atoms with van der Waals surface area (Å²) in [4.78, 5) is 24.0. The second-order valence-corrected chi connectivity index (χ2v) is 6.23. The average molecular weight is 385 g/mol. The van der Waals surface area contributed by atoms with Gasteiger partial charge in [0.05, 0.1) is 5.69 Å². The Hall–Kier alpha value is -3.72. The van der Waals surface area contributed by atoms with Gasteiger partial charge in [0, 0.05) is 6.42 Å². The minimum absolute atomic E-state index is 0.119. The SMILES string of the molecule is Nc1cc(Cc2oc(=O)[nH]c2O)ccc1Oc1ccc(CC(N)C(=O)O)cc1. The van der Waals surface area contributed by atoms with Crippen molar-refractivity contribution in [2.45, 2.75) is 18.9 Å². The van der Waals surface area contributed by atoms with Crippen LogP contribution in [0.15, 0.2) is 51.7 Å². The van der Waals surface area contributed by atoms with E-state index in [2.05, 4.69) is 4.98 Å². The largest absolute Gasteiger partial charge is 0.492 e. The van der Waals surface area contributed by atoms with Gasteiger partial charge in [-0.2, -0.15) is 0 Å². The first-order valence-corrected chi connectivity index (χ1v) is 8.36. The Morgan fingerprint density at radius 3 is 2.43 bits per heavy atom. The number of nitrogen functional groups attached to an aromatic ring is 1. The molecule has 0 fully saturated rings. The first kappa shape index (κ1) is 19.1. The minimum Gasteiger partial charge on any atom is -0.492 e. The number of rotatable bonds is 7. The molecule has 1 atom stereocenters. The van der Waals surface area contributed by atoms with Crippen LogP contribution in [0.2, 0.25) is 0 Å². The number of hydrogen-bond donors (Lipinski definition) is 5. The van der Waals surface area contributed by atoms with Gasteiger partial charge in [-0.05, 0) is 41.8 Å². The van der Waals surface area contributed by atoms with Gasteiger partial charge < -0.3 is 30.8 Å². The molecule has 9 nitrogen and oxygen atoms in total. The smallest absolute Gasteiger partial charge is 0.419 e. The fourth-order valence-electron chi connectivity index (χ4n) is 2.62. The number of aliphatic carboxylic acids is 1. The quantitative estimate of drug-likeness (QED) is 0.382. The van der Waals surface area contributed by atoms with Crippen LogP contribution >= 0.6 is 0 Å². The highest BCUT2D eigenvalue weighted by molar-refractivity contribution is 5.73. The predicted octanol–water partition coefficient (Wildman–Crippen LogP) is 1.59. The number of carbonyl (C=O) groups is 1. The van der Waals surface area contributed by atoms with Gasteiger partial charge >= 0.3 is 11.7 Å². The molecule has 0 aliphatic rings. The third-order valence-corrected chi connectivity index (χ3v) is 4.06. The van der Waals surface area contributed by atoms with Crippen LogP contribution in [0.5, 0.6) is 17.4 Å². The van der Waals surface area contributed by atoms with Crippen LogP contribution in [-0.4, -0.2) is 27.2 Å². The normalized spacial score (nSPS) is 11.9. The molecule has 0 amide bonds. The Labute approximate surface area is 159 Å². The van der Waals surface area contributed by atoms with E-state index in [-0.39, 0.29) is 24.5 Å². The second-order valence-electron chi connectivity index (χ2n) is 6.23. The molecule has 3 aromatic rings. The number of carboxylic acids is 1. The van der Waals surface area contributed by atoms with Crippen LogP contribution in [0.25, 0.3) is 0 Å². The van der Waals surface area contributed by atoms with E-state index in [1.165, 1.54) is 0 Å². The van der Waals surface area contributed by atoms with Gasteiger partial charge in [0.25, 0.3) is 0 Å². The van der Waals surface area contributed by atoms with Crippen molar-refractivity contribution in [3.63, 3.8) is 0 Å². The van der Waals surface area contributed by atoms with E-state index < -0.39 is 17.8 Å². The summed E-state index contributed by atoms with van der Waals surface area (Å²) in [6.45, 7) is 0. The number of aromatic hydroxyl groups is 1. The molecule has 0 saturated carbocycles. The number of anilines is 1. The Kier molecular flexibility index (Phi) is 5.37. The zero-order valence-corrected chi connectivity index (χ0v) is 14.7. The second kappa shape index (κ2) is 7.89. The van der Waals surface area contributed by atoms with E-state index in [1.54, 1.807) is 42.5 Å². The number of oxazole rings is 1. The lowest BCUT2D eigenvalue weighted by atomic mass is 10.1. The van der Waals surface area contributed by atoms with E-state index in [9.17, 15) is 14.7 Å². The molecule has 2 aromatic carbocycles. The fraction of sp³-hybridized carbons (Fsp3) is 0.158. The lowest BCUT2D eigenvalue weighted by Crippen LogP contribution is -2.32. The lowest BCUT2D eigenvalue weighted by Gasteiger charge is -2.11. The fourth-order valence-corrected chi connectivity index (χ4v) is 2.62. The molecule has 0 aliphatic carbocycles. The van der Waals surface area contributed by atoms with Gasteiger partial charge in [-0.1, -0.05) is 18.2 Å². The summed E-state index contributed by atoms with van der Waals surface area (Å²) in [7, 11) is 0. The third kappa shape index (κ3) is 4.51. The van der Waals surface area contributed by atoms with Gasteiger partial charge in [0.2, 0.25) is 5.88 Å². The number of ether oxygens (including phenoxy) is 1. The molecular formula is C19H19N3O6. The molecule has 0 bridgehead atoms. The molecule has 0 radical (unpaired) electrons. The van der Waals surface area contributed by atoms with E-state index in [1.807, 2.05) is 0 Å². The molecule has 1 aromatic heterocycles. The summed E-state index contributed by atoms with van der Waals surface area (Å²) in [6, 6.07) is 11.0. The molecule has 0 saturated heterocycles. The number of H-pyrrole nitrogens is 1. The van der Waals surface area contributed by atoms with E-state index in [0.717, 1.165) is 11.1 Å². The molecule has 0 aliphatic heterocycles. The molecule has 3 rings (SSSR count). The molecular weight excluding hydrogens is 366 g/mol. The Bertz CT molecular complexity index is 1040. The molecule has 146 valence electrons. The van der Waals surface area contributed by atoms with E-state index in [4.69, 9.17) is 25.7 Å². The Balaban J connectivity index is 1.68. The van der Waals surface area contributed by atoms with Crippen molar-refractivity contribution < 1.29 is 24.2 Å². The highest BCUT2D eigenvalue weighted by atomic mass is 16.5. The van der Waals surface area contributed by atoms with Gasteiger partial charge in [-0.15, -0.1) is 0 Å². The number of aromatic nitrogens is 1. The maximum absolute atomic E-state index is 11.1. The van der Waals surface area contributed by atoms with Crippen molar-refractivity contribution in [2.24, 2.45) is 5.73 Å². The summed E-state index contributed by atoms with van der Waals surface area (Å²) >= 11 is 0. The number of benzene rings is 2. The minimum atomic E-state index is -1.06. The number of aromatic amines is 1. The molecule has 1 unspecified atom stereocenters. The third-order valence-electron chi connectivity index (χ3n) is 4.06. The molecule has 9 heteroatoms. The summed E-state index contributed by atoms with van der Waals surface area (Å²) in [5.74, 6) is -1.02. The van der Waals surface area contributed by atoms with Crippen molar-refractivity contribution in [1.82, 2.24) is 4.98 Å². The van der Waals surface area contributed by atoms with Crippen LogP contribution in [-0.2, 0) is 17.6 Å². The van der Waals surface area contributed by atoms with Crippen LogP contribution in [0, 0.1) is 0 Å². The zero-order valence-electron chi connectivity index (χ0n) is 14.7. The topological polar surface area (TPSA) is 165 Å². The molecule has 7 N–H and O–H groups in total. The van der Waals surface area contributed by atoms with Crippen molar-refractivity contribution in [2.75, 3.05) is 5.73 Å². The Morgan fingerprint density at radius 1 is 1.18 bits per heavy atom. The maximum atomic E-state index is 11.1. The van der Waals surface area contributed by atoms with Gasteiger partial charge in [0.1, 0.15) is 17.5 Å². The summed E-state index contributed by atoms with van der Waals surface area (Å²) < 4.78 is 10.6. The highest BCUT2D eigenvalue weighted by Crippen LogP contribution is 2.29. The van der Waals surface area contributed by atoms with Crippen molar-refractivity contribution in [3.05, 3.63) is 69.9 Å². The van der Waals surface area contributed by atoms with Crippen LogP contribution in [0.1, 0.15) is 16.9 Å². The van der Waals surface area contributed by atoms with Gasteiger partial charge in [-0.3, -0.25) is 9.78 Å². The summed E-state index contributed by atoms with van der Waals surface area (Å²) in [6.07, 6.45) is 0.405. The highest BCUT2D eigenvalue weighted by Gasteiger charge is 2.13. The Morgan fingerprint density at radius 2 is 1.86 bits per heavy atom. The van der Waals surface area contributed by atoms with Crippen LogP contribution in [0.4, 0.5) is 5.69 Å². The first-order valence-electron chi connectivity index (χ1n) is 8.36. The van der Waals surface area contributed by atoms with Gasteiger partial charge in [0.15, 0.2) is 5.76 Å². The zero-order chi connectivity index (χ0) is 20.3. The average Bonchev–Trinajstić information content (AvgIpc) is 2.96. The standard InChI is InChI=1S/C19H19N3O6/c20-13-8-11(9-16-17(23)22-19(26)28-16)3-6-15(13)27-12-4-1-10(2-5-12)7-14(21)18(24)25/h1-6,8,14,23H,7,9,20-21H2,(H,22,26)(H,24,25). The molecule has 1 heterocycles. The number of nitrogens with one attached hydrogen (secondary N) is 1. The lowest BCUT2D eigenvalue weighted by molar-refractivity contribution is -0.138. The van der Waals surface area contributed by atoms with E-state index >= 15 is 0 Å². The van der Waals surface area contributed by atoms with Crippen LogP contribution < -0.4 is 22.0 Å². The van der Waals surface area contributed by atoms with Crippen molar-refractivity contribution >= 4 is 11.7 Å². The van der Waals surface area contributed by atoms with Crippen molar-refractivity contribution in [1.29, 1.82) is 0 Å². The monoisotopic (exact) mass is 385 g/mol. The maximum Gasteiger partial charge on any atom is 0.419 e. The molecule has 28 heavy (non-hydrogen) atoms. The van der Waals surface area contributed by atoms with Gasteiger partial charge in [-0.25, -0.2) is 4.79 Å². The predicted molar refractivity (Wildman–Crippen MR) is 100 cm³/mol. The molecule has 0 spiro atoms. The van der Waals surface area contributed by atoms with Crippen molar-refractivity contribution in [3.8, 4) is 17.4 Å². The number of carboxylic acid groups (broad SMARTS) is 1. The van der Waals surface area contributed by atoms with Crippen LogP contribution in [0.3, 0.4) is 0 Å². The van der Waals surface area contributed by atoms with E-state index in [0.29, 0.717) is 17.2 Å².